The second-order valence-electron chi connectivity index (χ2n) is 6.79. The molecule has 0 aliphatic heterocycles. The zero-order valence-electron chi connectivity index (χ0n) is 15.3. The number of benzene rings is 1. The second-order valence-corrected chi connectivity index (χ2v) is 6.79. The van der Waals surface area contributed by atoms with Gasteiger partial charge in [0.2, 0.25) is 0 Å². The lowest BCUT2D eigenvalue weighted by Gasteiger charge is -2.32. The Labute approximate surface area is 147 Å². The molecule has 3 rings (SSSR count). The highest BCUT2D eigenvalue weighted by atomic mass is 16.5. The van der Waals surface area contributed by atoms with Crippen molar-refractivity contribution in [2.45, 2.75) is 45.8 Å². The zero-order valence-corrected chi connectivity index (χ0v) is 15.3. The van der Waals surface area contributed by atoms with Gasteiger partial charge in [0.05, 0.1) is 29.3 Å². The van der Waals surface area contributed by atoms with Crippen LogP contribution in [0.15, 0.2) is 24.3 Å². The van der Waals surface area contributed by atoms with E-state index in [0.29, 0.717) is 24.5 Å². The number of aromatic nitrogens is 3. The number of rotatable bonds is 6. The highest BCUT2D eigenvalue weighted by molar-refractivity contribution is 6.06. The highest BCUT2D eigenvalue weighted by Gasteiger charge is 2.32. The Bertz CT molecular complexity index is 896. The Morgan fingerprint density at radius 1 is 1.24 bits per heavy atom. The summed E-state index contributed by atoms with van der Waals surface area (Å²) in [5.41, 5.74) is 7.62. The fraction of sp³-hybridized carbons (Fsp3) is 0.474. The van der Waals surface area contributed by atoms with E-state index in [1.807, 2.05) is 38.1 Å². The normalized spacial score (nSPS) is 13.6. The van der Waals surface area contributed by atoms with Crippen LogP contribution < -0.4 is 5.73 Å². The maximum atomic E-state index is 10.8. The summed E-state index contributed by atoms with van der Waals surface area (Å²) in [7, 11) is 0. The molecule has 25 heavy (non-hydrogen) atoms. The van der Waals surface area contributed by atoms with Crippen molar-refractivity contribution < 1.29 is 9.84 Å². The summed E-state index contributed by atoms with van der Waals surface area (Å²) in [4.78, 5) is 9.22. The number of hydrogen-bond acceptors (Lipinski definition) is 5. The first-order valence-electron chi connectivity index (χ1n) is 8.73. The van der Waals surface area contributed by atoms with Crippen LogP contribution in [0.2, 0.25) is 0 Å². The third-order valence-electron chi connectivity index (χ3n) is 4.55. The molecule has 0 fully saturated rings. The summed E-state index contributed by atoms with van der Waals surface area (Å²) in [6.45, 7) is 8.58. The van der Waals surface area contributed by atoms with Crippen molar-refractivity contribution in [2.75, 3.05) is 18.9 Å². The van der Waals surface area contributed by atoms with Gasteiger partial charge in [0, 0.05) is 18.4 Å². The first-order valence-corrected chi connectivity index (χ1v) is 8.73. The molecule has 6 nitrogen and oxygen atoms in total. The Morgan fingerprint density at radius 2 is 1.96 bits per heavy atom. The van der Waals surface area contributed by atoms with Gasteiger partial charge >= 0.3 is 0 Å². The van der Waals surface area contributed by atoms with E-state index in [1.165, 1.54) is 0 Å². The molecule has 1 aromatic carbocycles. The number of imidazole rings is 1. The molecular weight excluding hydrogens is 316 g/mol. The fourth-order valence-corrected chi connectivity index (χ4v) is 3.28. The van der Waals surface area contributed by atoms with Crippen LogP contribution in [0.3, 0.4) is 0 Å². The topological polar surface area (TPSA) is 86.2 Å². The van der Waals surface area contributed by atoms with Crippen LogP contribution in [-0.4, -0.2) is 38.5 Å². The number of para-hydroxylation sites is 1. The van der Waals surface area contributed by atoms with Crippen LogP contribution >= 0.6 is 0 Å². The van der Waals surface area contributed by atoms with Gasteiger partial charge in [-0.2, -0.15) is 0 Å². The minimum absolute atomic E-state index is 0.280. The molecule has 2 aromatic heterocycles. The average molecular weight is 342 g/mol. The molecule has 3 N–H and O–H groups in total. The summed E-state index contributed by atoms with van der Waals surface area (Å²) in [6.07, 6.45) is 0.723. The molecule has 3 aromatic rings. The van der Waals surface area contributed by atoms with Gasteiger partial charge in [-0.15, -0.1) is 0 Å². The first-order chi connectivity index (χ1) is 11.9. The molecule has 6 heteroatoms. The van der Waals surface area contributed by atoms with Crippen molar-refractivity contribution in [3.63, 3.8) is 0 Å². The third kappa shape index (κ3) is 3.07. The predicted molar refractivity (Wildman–Crippen MR) is 101 cm³/mol. The van der Waals surface area contributed by atoms with Gasteiger partial charge < -0.3 is 20.1 Å². The molecule has 1 atom stereocenters. The summed E-state index contributed by atoms with van der Waals surface area (Å²) >= 11 is 0. The number of fused-ring (bicyclic) bond motifs is 3. The van der Waals surface area contributed by atoms with E-state index in [-0.39, 0.29) is 6.04 Å². The Morgan fingerprint density at radius 3 is 2.60 bits per heavy atom. The standard InChI is InChI=1S/C19H26N4O2/c1-5-15-22-16-17(12-9-7-8-10-13(12)21-18(16)20)23(15)14(11-25-6-2)19(3,4)24/h7-10,14,24H,5-6,11H2,1-4H3,(H2,20,21). The monoisotopic (exact) mass is 342 g/mol. The van der Waals surface area contributed by atoms with Crippen molar-refractivity contribution in [3.8, 4) is 0 Å². The summed E-state index contributed by atoms with van der Waals surface area (Å²) in [6, 6.07) is 7.59. The molecule has 2 heterocycles. The minimum atomic E-state index is -0.980. The van der Waals surface area contributed by atoms with Gasteiger partial charge in [-0.25, -0.2) is 9.97 Å². The number of pyridine rings is 1. The maximum absolute atomic E-state index is 10.8. The van der Waals surface area contributed by atoms with Crippen LogP contribution in [0.4, 0.5) is 5.82 Å². The number of aryl methyl sites for hydroxylation is 1. The van der Waals surface area contributed by atoms with Gasteiger partial charge in [0.25, 0.3) is 0 Å². The first kappa shape index (κ1) is 17.6. The number of nitrogens with two attached hydrogens (primary N) is 1. The van der Waals surface area contributed by atoms with Crippen LogP contribution in [0.1, 0.15) is 39.6 Å². The summed E-state index contributed by atoms with van der Waals surface area (Å²) in [5, 5.41) is 11.8. The van der Waals surface area contributed by atoms with E-state index in [2.05, 4.69) is 9.55 Å². The molecule has 0 radical (unpaired) electrons. The second kappa shape index (κ2) is 6.61. The summed E-state index contributed by atoms with van der Waals surface area (Å²) in [5.74, 6) is 1.28. The van der Waals surface area contributed by atoms with Crippen molar-refractivity contribution >= 4 is 27.8 Å². The smallest absolute Gasteiger partial charge is 0.152 e. The number of anilines is 1. The Balaban J connectivity index is 2.38. The quantitative estimate of drug-likeness (QED) is 0.719. The van der Waals surface area contributed by atoms with Crippen LogP contribution in [0, 0.1) is 0 Å². The molecule has 0 bridgehead atoms. The SMILES string of the molecule is CCOCC(n1c(CC)nc2c(N)nc3ccccc3c21)C(C)(C)O. The molecule has 0 saturated carbocycles. The van der Waals surface area contributed by atoms with E-state index in [0.717, 1.165) is 28.7 Å². The molecule has 134 valence electrons. The minimum Gasteiger partial charge on any atom is -0.388 e. The van der Waals surface area contributed by atoms with E-state index in [9.17, 15) is 5.11 Å². The van der Waals surface area contributed by atoms with Gasteiger partial charge in [-0.05, 0) is 26.8 Å². The van der Waals surface area contributed by atoms with Crippen LogP contribution in [0.25, 0.3) is 21.9 Å². The van der Waals surface area contributed by atoms with Gasteiger partial charge in [0.15, 0.2) is 5.82 Å². The molecule has 1 unspecified atom stereocenters. The van der Waals surface area contributed by atoms with Crippen LogP contribution in [0.5, 0.6) is 0 Å². The van der Waals surface area contributed by atoms with Crippen molar-refractivity contribution in [1.29, 1.82) is 0 Å². The van der Waals surface area contributed by atoms with E-state index >= 15 is 0 Å². The van der Waals surface area contributed by atoms with E-state index < -0.39 is 5.60 Å². The number of nitrogen functional groups attached to an aromatic ring is 1. The predicted octanol–water partition coefficient (Wildman–Crippen LogP) is 3.08. The van der Waals surface area contributed by atoms with E-state index in [1.54, 1.807) is 13.8 Å². The largest absolute Gasteiger partial charge is 0.388 e. The van der Waals surface area contributed by atoms with Crippen molar-refractivity contribution in [1.82, 2.24) is 14.5 Å². The maximum Gasteiger partial charge on any atom is 0.152 e. The third-order valence-corrected chi connectivity index (χ3v) is 4.55. The van der Waals surface area contributed by atoms with E-state index in [4.69, 9.17) is 15.5 Å². The Kier molecular flexibility index (Phi) is 4.67. The fourth-order valence-electron chi connectivity index (χ4n) is 3.28. The van der Waals surface area contributed by atoms with Crippen LogP contribution in [-0.2, 0) is 11.2 Å². The number of aliphatic hydroxyl groups is 1. The van der Waals surface area contributed by atoms with Crippen molar-refractivity contribution in [2.24, 2.45) is 0 Å². The molecular formula is C19H26N4O2. The lowest BCUT2D eigenvalue weighted by Crippen LogP contribution is -2.37. The lowest BCUT2D eigenvalue weighted by molar-refractivity contribution is -0.0191. The van der Waals surface area contributed by atoms with Gasteiger partial charge in [-0.1, -0.05) is 25.1 Å². The molecule has 0 aliphatic rings. The highest BCUT2D eigenvalue weighted by Crippen LogP contribution is 2.34. The summed E-state index contributed by atoms with van der Waals surface area (Å²) < 4.78 is 7.77. The average Bonchev–Trinajstić information content (AvgIpc) is 2.94. The number of hydrogen-bond donors (Lipinski definition) is 2. The molecule has 0 amide bonds. The van der Waals surface area contributed by atoms with Gasteiger partial charge in [-0.3, -0.25) is 0 Å². The lowest BCUT2D eigenvalue weighted by atomic mass is 9.98. The number of ether oxygens (including phenoxy) is 1. The molecule has 0 aliphatic carbocycles. The molecule has 0 saturated heterocycles. The number of nitrogens with zero attached hydrogens (tertiary/aromatic N) is 3. The Hall–Kier alpha value is -2.18. The van der Waals surface area contributed by atoms with Crippen molar-refractivity contribution in [3.05, 3.63) is 30.1 Å². The molecule has 0 spiro atoms. The zero-order chi connectivity index (χ0) is 18.2. The van der Waals surface area contributed by atoms with Gasteiger partial charge in [0.1, 0.15) is 11.3 Å².